The van der Waals surface area contributed by atoms with Crippen molar-refractivity contribution < 1.29 is 19.0 Å². The predicted molar refractivity (Wildman–Crippen MR) is 67.1 cm³/mol. The SMILES string of the molecule is COc1c(F)ccc(Cl)c1-c1cc(C(=O)O)nn1C. The fourth-order valence-electron chi connectivity index (χ4n) is 1.78. The number of aromatic carboxylic acids is 1. The van der Waals surface area contributed by atoms with Gasteiger partial charge in [0.05, 0.1) is 23.4 Å². The molecule has 2 rings (SSSR count). The van der Waals surface area contributed by atoms with Crippen LogP contribution < -0.4 is 4.74 Å². The van der Waals surface area contributed by atoms with Crippen LogP contribution in [0, 0.1) is 5.82 Å². The van der Waals surface area contributed by atoms with Gasteiger partial charge in [-0.3, -0.25) is 4.68 Å². The monoisotopic (exact) mass is 284 g/mol. The number of hydrogen-bond donors (Lipinski definition) is 1. The van der Waals surface area contributed by atoms with Crippen LogP contribution in [0.1, 0.15) is 10.5 Å². The Morgan fingerprint density at radius 3 is 2.74 bits per heavy atom. The lowest BCUT2D eigenvalue weighted by atomic mass is 10.1. The summed E-state index contributed by atoms with van der Waals surface area (Å²) in [4.78, 5) is 10.9. The van der Waals surface area contributed by atoms with E-state index in [1.54, 1.807) is 7.05 Å². The molecular weight excluding hydrogens is 275 g/mol. The highest BCUT2D eigenvalue weighted by molar-refractivity contribution is 6.33. The standard InChI is InChI=1S/C12H10ClFN2O3/c1-16-9(5-8(15-16)12(17)18)10-6(13)3-4-7(14)11(10)19-2/h3-5H,1-2H3,(H,17,18). The Balaban J connectivity index is 2.71. The van der Waals surface area contributed by atoms with Gasteiger partial charge in [-0.1, -0.05) is 11.6 Å². The molecule has 0 aliphatic heterocycles. The van der Waals surface area contributed by atoms with Gasteiger partial charge in [0.15, 0.2) is 17.3 Å². The van der Waals surface area contributed by atoms with E-state index in [1.807, 2.05) is 0 Å². The van der Waals surface area contributed by atoms with E-state index in [9.17, 15) is 9.18 Å². The predicted octanol–water partition coefficient (Wildman–Crippen LogP) is 2.59. The topological polar surface area (TPSA) is 64.3 Å². The average molecular weight is 285 g/mol. The lowest BCUT2D eigenvalue weighted by Crippen LogP contribution is -2.00. The molecule has 0 spiro atoms. The van der Waals surface area contributed by atoms with Crippen molar-refractivity contribution >= 4 is 17.6 Å². The van der Waals surface area contributed by atoms with Gasteiger partial charge in [0, 0.05) is 7.05 Å². The smallest absolute Gasteiger partial charge is 0.356 e. The number of ether oxygens (including phenoxy) is 1. The van der Waals surface area contributed by atoms with Crippen molar-refractivity contribution in [2.24, 2.45) is 7.05 Å². The maximum absolute atomic E-state index is 13.7. The van der Waals surface area contributed by atoms with Crippen LogP contribution in [0.15, 0.2) is 18.2 Å². The number of rotatable bonds is 3. The van der Waals surface area contributed by atoms with Gasteiger partial charge >= 0.3 is 5.97 Å². The fraction of sp³-hybridized carbons (Fsp3) is 0.167. The van der Waals surface area contributed by atoms with Gasteiger partial charge in [-0.25, -0.2) is 9.18 Å². The summed E-state index contributed by atoms with van der Waals surface area (Å²) in [5, 5.41) is 13.0. The Kier molecular flexibility index (Phi) is 3.44. The average Bonchev–Trinajstić information content (AvgIpc) is 2.74. The van der Waals surface area contributed by atoms with Crippen LogP contribution in [-0.4, -0.2) is 28.0 Å². The van der Waals surface area contributed by atoms with Gasteiger partial charge in [-0.15, -0.1) is 0 Å². The van der Waals surface area contributed by atoms with Crippen molar-refractivity contribution in [2.45, 2.75) is 0 Å². The van der Waals surface area contributed by atoms with Crippen molar-refractivity contribution in [3.63, 3.8) is 0 Å². The number of nitrogens with zero attached hydrogens (tertiary/aromatic N) is 2. The Hall–Kier alpha value is -2.08. The van der Waals surface area contributed by atoms with E-state index in [-0.39, 0.29) is 22.0 Å². The van der Waals surface area contributed by atoms with E-state index in [4.69, 9.17) is 21.4 Å². The molecule has 0 amide bonds. The van der Waals surface area contributed by atoms with Crippen molar-refractivity contribution in [1.29, 1.82) is 0 Å². The maximum atomic E-state index is 13.7. The summed E-state index contributed by atoms with van der Waals surface area (Å²) in [5.41, 5.74) is 0.477. The molecule has 100 valence electrons. The molecule has 7 heteroatoms. The molecule has 0 aliphatic carbocycles. The van der Waals surface area contributed by atoms with Gasteiger partial charge in [0.25, 0.3) is 0 Å². The molecule has 1 heterocycles. The summed E-state index contributed by atoms with van der Waals surface area (Å²) in [6, 6.07) is 3.87. The number of carboxylic acids is 1. The Morgan fingerprint density at radius 1 is 1.53 bits per heavy atom. The summed E-state index contributed by atoms with van der Waals surface area (Å²) in [6.07, 6.45) is 0. The zero-order valence-corrected chi connectivity index (χ0v) is 10.9. The number of methoxy groups -OCH3 is 1. The molecule has 1 aromatic carbocycles. The summed E-state index contributed by atoms with van der Waals surface area (Å²) >= 11 is 6.04. The van der Waals surface area contributed by atoms with E-state index >= 15 is 0 Å². The first-order valence-corrected chi connectivity index (χ1v) is 5.63. The van der Waals surface area contributed by atoms with Gasteiger partial charge in [0.2, 0.25) is 0 Å². The Bertz CT molecular complexity index is 655. The molecule has 1 aromatic heterocycles. The second kappa shape index (κ2) is 4.89. The second-order valence-corrected chi connectivity index (χ2v) is 4.19. The molecule has 0 unspecified atom stereocenters. The number of benzene rings is 1. The molecule has 1 N–H and O–H groups in total. The second-order valence-electron chi connectivity index (χ2n) is 3.78. The lowest BCUT2D eigenvalue weighted by Gasteiger charge is -2.11. The van der Waals surface area contributed by atoms with Gasteiger partial charge in [-0.2, -0.15) is 5.10 Å². The van der Waals surface area contributed by atoms with Crippen LogP contribution in [0.3, 0.4) is 0 Å². The highest BCUT2D eigenvalue weighted by Crippen LogP contribution is 2.38. The Morgan fingerprint density at radius 2 is 2.21 bits per heavy atom. The van der Waals surface area contributed by atoms with Crippen molar-refractivity contribution in [1.82, 2.24) is 9.78 Å². The largest absolute Gasteiger partial charge is 0.493 e. The minimum absolute atomic E-state index is 0.0487. The maximum Gasteiger partial charge on any atom is 0.356 e. The fourth-order valence-corrected chi connectivity index (χ4v) is 2.02. The normalized spacial score (nSPS) is 10.5. The summed E-state index contributed by atoms with van der Waals surface area (Å²) in [5.74, 6) is -1.80. The molecular formula is C12H10ClFN2O3. The van der Waals surface area contributed by atoms with Crippen molar-refractivity contribution in [2.75, 3.05) is 7.11 Å². The molecule has 0 aliphatic rings. The first-order valence-electron chi connectivity index (χ1n) is 5.25. The third-order valence-corrected chi connectivity index (χ3v) is 2.93. The van der Waals surface area contributed by atoms with Gasteiger partial charge in [0.1, 0.15) is 0 Å². The van der Waals surface area contributed by atoms with E-state index < -0.39 is 11.8 Å². The van der Waals surface area contributed by atoms with Crippen molar-refractivity contribution in [3.8, 4) is 17.0 Å². The minimum Gasteiger partial charge on any atom is -0.493 e. The molecule has 0 fully saturated rings. The number of aryl methyl sites for hydroxylation is 1. The molecule has 0 atom stereocenters. The number of carbonyl (C=O) groups is 1. The zero-order chi connectivity index (χ0) is 14.2. The molecule has 5 nitrogen and oxygen atoms in total. The number of hydrogen-bond acceptors (Lipinski definition) is 3. The quantitative estimate of drug-likeness (QED) is 0.941. The molecule has 19 heavy (non-hydrogen) atoms. The lowest BCUT2D eigenvalue weighted by molar-refractivity contribution is 0.0689. The molecule has 0 bridgehead atoms. The summed E-state index contributed by atoms with van der Waals surface area (Å²) in [6.45, 7) is 0. The van der Waals surface area contributed by atoms with Crippen LogP contribution in [-0.2, 0) is 7.05 Å². The first-order chi connectivity index (χ1) is 8.95. The highest BCUT2D eigenvalue weighted by atomic mass is 35.5. The molecule has 0 saturated heterocycles. The summed E-state index contributed by atoms with van der Waals surface area (Å²) < 4.78 is 20.0. The van der Waals surface area contributed by atoms with E-state index in [0.717, 1.165) is 0 Å². The number of halogens is 2. The van der Waals surface area contributed by atoms with Crippen LogP contribution >= 0.6 is 11.6 Å². The summed E-state index contributed by atoms with van der Waals surface area (Å²) in [7, 11) is 2.86. The molecule has 2 aromatic rings. The van der Waals surface area contributed by atoms with Gasteiger partial charge in [-0.05, 0) is 18.2 Å². The van der Waals surface area contributed by atoms with E-state index in [2.05, 4.69) is 5.10 Å². The molecule has 0 radical (unpaired) electrons. The van der Waals surface area contributed by atoms with Crippen LogP contribution in [0.2, 0.25) is 5.02 Å². The van der Waals surface area contributed by atoms with Crippen molar-refractivity contribution in [3.05, 3.63) is 34.7 Å². The third-order valence-electron chi connectivity index (χ3n) is 2.62. The van der Waals surface area contributed by atoms with Crippen LogP contribution in [0.25, 0.3) is 11.3 Å². The van der Waals surface area contributed by atoms with Crippen LogP contribution in [0.4, 0.5) is 4.39 Å². The van der Waals surface area contributed by atoms with Gasteiger partial charge < -0.3 is 9.84 Å². The highest BCUT2D eigenvalue weighted by Gasteiger charge is 2.20. The van der Waals surface area contributed by atoms with E-state index in [0.29, 0.717) is 5.69 Å². The Labute approximate surface area is 113 Å². The molecule has 0 saturated carbocycles. The first kappa shape index (κ1) is 13.4. The van der Waals surface area contributed by atoms with Crippen LogP contribution in [0.5, 0.6) is 5.75 Å². The minimum atomic E-state index is -1.17. The zero-order valence-electron chi connectivity index (χ0n) is 10.1. The number of carboxylic acid groups (broad SMARTS) is 1. The van der Waals surface area contributed by atoms with E-state index in [1.165, 1.54) is 30.0 Å². The number of aromatic nitrogens is 2. The third kappa shape index (κ3) is 2.26.